The molecule has 0 saturated carbocycles. The first-order valence-corrected chi connectivity index (χ1v) is 6.86. The average molecular weight is 272 g/mol. The van der Waals surface area contributed by atoms with Crippen LogP contribution in [0.15, 0.2) is 60.9 Å². The van der Waals surface area contributed by atoms with Crippen LogP contribution in [-0.2, 0) is 0 Å². The summed E-state index contributed by atoms with van der Waals surface area (Å²) in [5, 5.41) is 2.26. The number of hydrogen-bond donors (Lipinski definition) is 0. The van der Waals surface area contributed by atoms with Crippen LogP contribution in [0.1, 0.15) is 11.1 Å². The van der Waals surface area contributed by atoms with E-state index in [2.05, 4.69) is 46.0 Å². The Balaban J connectivity index is 1.96. The Labute approximate surface area is 125 Å². The second kappa shape index (κ2) is 5.68. The van der Waals surface area contributed by atoms with E-state index in [0.29, 0.717) is 0 Å². The molecular formula is C19H16N2. The first-order valence-electron chi connectivity index (χ1n) is 6.86. The number of rotatable bonds is 1. The largest absolute Gasteiger partial charge is 0.378 e. The maximum absolute atomic E-state index is 4.25. The third-order valence-corrected chi connectivity index (χ3v) is 3.39. The number of benzene rings is 2. The van der Waals surface area contributed by atoms with Crippen LogP contribution < -0.4 is 4.90 Å². The standard InChI is InChI=1S/C19H16N2/c1-21(2)18-11-8-15(9-12-18)7-10-17-14-20-13-16-5-3-4-6-19(16)17/h3-6,8-9,11-14H,1-2H3. The number of nitrogens with zero attached hydrogens (tertiary/aromatic N) is 2. The zero-order valence-corrected chi connectivity index (χ0v) is 12.2. The molecule has 0 unspecified atom stereocenters. The molecule has 1 aromatic heterocycles. The minimum absolute atomic E-state index is 0.963. The Bertz CT molecular complexity index is 816. The first kappa shape index (κ1) is 13.2. The molecule has 0 saturated heterocycles. The van der Waals surface area contributed by atoms with Crippen LogP contribution >= 0.6 is 0 Å². The maximum Gasteiger partial charge on any atom is 0.0510 e. The Hall–Kier alpha value is -2.79. The summed E-state index contributed by atoms with van der Waals surface area (Å²) in [7, 11) is 4.06. The Morgan fingerprint density at radius 1 is 0.857 bits per heavy atom. The third-order valence-electron chi connectivity index (χ3n) is 3.39. The van der Waals surface area contributed by atoms with E-state index in [-0.39, 0.29) is 0 Å². The van der Waals surface area contributed by atoms with Crippen molar-refractivity contribution in [2.75, 3.05) is 19.0 Å². The van der Waals surface area contributed by atoms with E-state index in [4.69, 9.17) is 0 Å². The topological polar surface area (TPSA) is 16.1 Å². The van der Waals surface area contributed by atoms with Gasteiger partial charge in [-0.2, -0.15) is 0 Å². The van der Waals surface area contributed by atoms with Crippen molar-refractivity contribution in [1.82, 2.24) is 4.98 Å². The van der Waals surface area contributed by atoms with E-state index in [1.54, 1.807) is 0 Å². The average Bonchev–Trinajstić information content (AvgIpc) is 2.53. The van der Waals surface area contributed by atoms with Crippen LogP contribution in [0.25, 0.3) is 10.8 Å². The minimum atomic E-state index is 0.963. The fourth-order valence-electron chi connectivity index (χ4n) is 2.20. The summed E-state index contributed by atoms with van der Waals surface area (Å²) in [6, 6.07) is 16.4. The van der Waals surface area contributed by atoms with Crippen molar-refractivity contribution >= 4 is 16.5 Å². The lowest BCUT2D eigenvalue weighted by molar-refractivity contribution is 1.13. The van der Waals surface area contributed by atoms with Gasteiger partial charge in [0.25, 0.3) is 0 Å². The minimum Gasteiger partial charge on any atom is -0.378 e. The molecule has 0 spiro atoms. The van der Waals surface area contributed by atoms with Crippen LogP contribution in [0.2, 0.25) is 0 Å². The predicted molar refractivity (Wildman–Crippen MR) is 88.5 cm³/mol. The first-order chi connectivity index (χ1) is 10.2. The molecule has 0 N–H and O–H groups in total. The number of aromatic nitrogens is 1. The maximum atomic E-state index is 4.25. The lowest BCUT2D eigenvalue weighted by Gasteiger charge is -2.11. The molecule has 0 amide bonds. The summed E-state index contributed by atoms with van der Waals surface area (Å²) in [5.74, 6) is 6.44. The second-order valence-electron chi connectivity index (χ2n) is 5.10. The smallest absolute Gasteiger partial charge is 0.0510 e. The van der Waals surface area contributed by atoms with Gasteiger partial charge in [-0.1, -0.05) is 36.1 Å². The van der Waals surface area contributed by atoms with Gasteiger partial charge >= 0.3 is 0 Å². The molecule has 0 fully saturated rings. The van der Waals surface area contributed by atoms with Gasteiger partial charge in [-0.05, 0) is 24.3 Å². The fraction of sp³-hybridized carbons (Fsp3) is 0.105. The molecule has 0 aliphatic carbocycles. The highest BCUT2D eigenvalue weighted by molar-refractivity contribution is 5.87. The highest BCUT2D eigenvalue weighted by atomic mass is 15.1. The van der Waals surface area contributed by atoms with E-state index in [1.165, 1.54) is 5.69 Å². The molecular weight excluding hydrogens is 256 g/mol. The molecule has 2 heteroatoms. The summed E-state index contributed by atoms with van der Waals surface area (Å²) in [4.78, 5) is 6.33. The van der Waals surface area contributed by atoms with E-state index >= 15 is 0 Å². The Morgan fingerprint density at radius 2 is 1.62 bits per heavy atom. The Kier molecular flexibility index (Phi) is 3.57. The normalized spacial score (nSPS) is 10.0. The summed E-state index contributed by atoms with van der Waals surface area (Å²) in [6.07, 6.45) is 3.69. The van der Waals surface area contributed by atoms with Gasteiger partial charge in [0.2, 0.25) is 0 Å². The zero-order chi connectivity index (χ0) is 14.7. The Morgan fingerprint density at radius 3 is 2.38 bits per heavy atom. The van der Waals surface area contributed by atoms with Crippen LogP contribution in [0.4, 0.5) is 5.69 Å². The lowest BCUT2D eigenvalue weighted by atomic mass is 10.1. The molecule has 3 rings (SSSR count). The van der Waals surface area contributed by atoms with Crippen molar-refractivity contribution in [2.24, 2.45) is 0 Å². The van der Waals surface area contributed by atoms with Crippen LogP contribution in [0.3, 0.4) is 0 Å². The van der Waals surface area contributed by atoms with Crippen molar-refractivity contribution in [2.45, 2.75) is 0 Å². The van der Waals surface area contributed by atoms with E-state index in [0.717, 1.165) is 21.9 Å². The van der Waals surface area contributed by atoms with Gasteiger partial charge in [0.15, 0.2) is 0 Å². The van der Waals surface area contributed by atoms with Gasteiger partial charge in [0, 0.05) is 48.5 Å². The van der Waals surface area contributed by atoms with Crippen LogP contribution in [0.5, 0.6) is 0 Å². The SMILES string of the molecule is CN(C)c1ccc(C#Cc2cncc3ccccc23)cc1. The van der Waals surface area contributed by atoms with Gasteiger partial charge < -0.3 is 4.90 Å². The van der Waals surface area contributed by atoms with Gasteiger partial charge in [0.05, 0.1) is 5.56 Å². The second-order valence-corrected chi connectivity index (χ2v) is 5.10. The number of fused-ring (bicyclic) bond motifs is 1. The molecule has 21 heavy (non-hydrogen) atoms. The van der Waals surface area contributed by atoms with Crippen molar-refractivity contribution in [3.63, 3.8) is 0 Å². The van der Waals surface area contributed by atoms with Crippen LogP contribution in [0, 0.1) is 11.8 Å². The fourth-order valence-corrected chi connectivity index (χ4v) is 2.20. The summed E-state index contributed by atoms with van der Waals surface area (Å²) in [5.41, 5.74) is 3.14. The summed E-state index contributed by atoms with van der Waals surface area (Å²) < 4.78 is 0. The van der Waals surface area contributed by atoms with E-state index in [1.807, 2.05) is 50.8 Å². The highest BCUT2D eigenvalue weighted by Crippen LogP contribution is 2.16. The zero-order valence-electron chi connectivity index (χ0n) is 12.2. The quantitative estimate of drug-likeness (QED) is 0.628. The van der Waals surface area contributed by atoms with Gasteiger partial charge in [-0.3, -0.25) is 4.98 Å². The van der Waals surface area contributed by atoms with Crippen molar-refractivity contribution in [1.29, 1.82) is 0 Å². The summed E-state index contributed by atoms with van der Waals surface area (Å²) in [6.45, 7) is 0. The molecule has 3 aromatic rings. The van der Waals surface area contributed by atoms with E-state index < -0.39 is 0 Å². The molecule has 2 aromatic carbocycles. The van der Waals surface area contributed by atoms with Crippen molar-refractivity contribution in [3.05, 3.63) is 72.1 Å². The molecule has 2 nitrogen and oxygen atoms in total. The third kappa shape index (κ3) is 2.88. The van der Waals surface area contributed by atoms with Gasteiger partial charge in [0.1, 0.15) is 0 Å². The van der Waals surface area contributed by atoms with Crippen molar-refractivity contribution < 1.29 is 0 Å². The van der Waals surface area contributed by atoms with Crippen molar-refractivity contribution in [3.8, 4) is 11.8 Å². The highest BCUT2D eigenvalue weighted by Gasteiger charge is 1.98. The molecule has 0 aliphatic heterocycles. The molecule has 0 atom stereocenters. The summed E-state index contributed by atoms with van der Waals surface area (Å²) >= 11 is 0. The van der Waals surface area contributed by atoms with Gasteiger partial charge in [-0.25, -0.2) is 0 Å². The lowest BCUT2D eigenvalue weighted by Crippen LogP contribution is -2.07. The monoisotopic (exact) mass is 272 g/mol. The van der Waals surface area contributed by atoms with Gasteiger partial charge in [-0.15, -0.1) is 0 Å². The predicted octanol–water partition coefficient (Wildman–Crippen LogP) is 3.70. The number of pyridine rings is 1. The number of anilines is 1. The molecule has 0 aliphatic rings. The van der Waals surface area contributed by atoms with E-state index in [9.17, 15) is 0 Å². The molecule has 102 valence electrons. The molecule has 0 bridgehead atoms. The molecule has 1 heterocycles. The number of hydrogen-bond acceptors (Lipinski definition) is 2. The molecule has 0 radical (unpaired) electrons. The van der Waals surface area contributed by atoms with Crippen LogP contribution in [-0.4, -0.2) is 19.1 Å².